The maximum Gasteiger partial charge on any atom is 0.0582 e. The largest absolute Gasteiger partial charge is 0.395 e. The van der Waals surface area contributed by atoms with E-state index in [9.17, 15) is 0 Å². The Morgan fingerprint density at radius 1 is 1.57 bits per heavy atom. The van der Waals surface area contributed by atoms with E-state index in [2.05, 4.69) is 21.2 Å². The van der Waals surface area contributed by atoms with Crippen LogP contribution in [0.1, 0.15) is 12.5 Å². The van der Waals surface area contributed by atoms with Gasteiger partial charge in [0.05, 0.1) is 6.61 Å². The summed E-state index contributed by atoms with van der Waals surface area (Å²) in [5, 5.41) is 12.7. The second-order valence-corrected chi connectivity index (χ2v) is 4.49. The topological polar surface area (TPSA) is 32.3 Å². The van der Waals surface area contributed by atoms with Crippen LogP contribution in [0.25, 0.3) is 0 Å². The molecule has 0 heterocycles. The number of nitrogens with one attached hydrogen (secondary N) is 1. The molecular weight excluding hydrogens is 265 g/mol. The molecule has 0 aliphatic carbocycles. The Hall–Kier alpha value is -0.0900. The first-order valence-corrected chi connectivity index (χ1v) is 5.58. The highest BCUT2D eigenvalue weighted by Crippen LogP contribution is 2.21. The van der Waals surface area contributed by atoms with Gasteiger partial charge in [-0.1, -0.05) is 33.6 Å². The molecule has 1 unspecified atom stereocenters. The molecular formula is C10H13BrClNO. The first kappa shape index (κ1) is 12.0. The lowest BCUT2D eigenvalue weighted by Crippen LogP contribution is -2.28. The molecule has 1 aromatic rings. The number of aliphatic hydroxyl groups is 1. The zero-order valence-corrected chi connectivity index (χ0v) is 10.3. The molecule has 78 valence electrons. The second-order valence-electron chi connectivity index (χ2n) is 3.20. The van der Waals surface area contributed by atoms with Gasteiger partial charge < -0.3 is 10.4 Å². The summed E-state index contributed by atoms with van der Waals surface area (Å²) in [6.07, 6.45) is 0. The number of hydrogen-bond acceptors (Lipinski definition) is 2. The number of halogens is 2. The van der Waals surface area contributed by atoms with Crippen LogP contribution in [-0.4, -0.2) is 17.8 Å². The van der Waals surface area contributed by atoms with Gasteiger partial charge in [-0.15, -0.1) is 0 Å². The molecule has 4 heteroatoms. The molecule has 0 spiro atoms. The molecule has 0 amide bonds. The van der Waals surface area contributed by atoms with E-state index in [1.54, 1.807) is 0 Å². The van der Waals surface area contributed by atoms with E-state index >= 15 is 0 Å². The van der Waals surface area contributed by atoms with Crippen LogP contribution in [0.4, 0.5) is 0 Å². The van der Waals surface area contributed by atoms with Crippen LogP contribution >= 0.6 is 27.5 Å². The molecule has 0 aromatic heterocycles. The average molecular weight is 279 g/mol. The van der Waals surface area contributed by atoms with Gasteiger partial charge in [0.2, 0.25) is 0 Å². The summed E-state index contributed by atoms with van der Waals surface area (Å²) in [4.78, 5) is 0. The molecule has 1 rings (SSSR count). The molecule has 0 saturated carbocycles. The molecule has 0 aliphatic rings. The fourth-order valence-corrected chi connectivity index (χ4v) is 1.84. The van der Waals surface area contributed by atoms with Crippen molar-refractivity contribution in [3.63, 3.8) is 0 Å². The van der Waals surface area contributed by atoms with Crippen molar-refractivity contribution in [2.24, 2.45) is 0 Å². The Balaban J connectivity index is 2.59. The number of benzene rings is 1. The summed E-state index contributed by atoms with van der Waals surface area (Å²) in [6.45, 7) is 2.80. The van der Waals surface area contributed by atoms with Gasteiger partial charge in [0.25, 0.3) is 0 Å². The summed E-state index contributed by atoms with van der Waals surface area (Å²) >= 11 is 9.25. The molecule has 0 aliphatic heterocycles. The van der Waals surface area contributed by atoms with Gasteiger partial charge in [-0.05, 0) is 24.6 Å². The third kappa shape index (κ3) is 3.58. The van der Waals surface area contributed by atoms with E-state index in [4.69, 9.17) is 16.7 Å². The average Bonchev–Trinajstić information content (AvgIpc) is 2.16. The zero-order chi connectivity index (χ0) is 10.6. The third-order valence-electron chi connectivity index (χ3n) is 1.93. The Morgan fingerprint density at radius 3 is 2.86 bits per heavy atom. The van der Waals surface area contributed by atoms with E-state index in [1.165, 1.54) is 0 Å². The minimum Gasteiger partial charge on any atom is -0.395 e. The van der Waals surface area contributed by atoms with Crippen molar-refractivity contribution in [3.05, 3.63) is 33.3 Å². The van der Waals surface area contributed by atoms with E-state index < -0.39 is 0 Å². The summed E-state index contributed by atoms with van der Waals surface area (Å²) in [6, 6.07) is 5.79. The summed E-state index contributed by atoms with van der Waals surface area (Å²) < 4.78 is 0.989. The summed E-state index contributed by atoms with van der Waals surface area (Å²) in [7, 11) is 0. The smallest absolute Gasteiger partial charge is 0.0582 e. The first-order valence-electron chi connectivity index (χ1n) is 4.41. The molecule has 0 saturated heterocycles. The highest BCUT2D eigenvalue weighted by Gasteiger charge is 2.02. The molecule has 0 radical (unpaired) electrons. The maximum atomic E-state index is 8.83. The second kappa shape index (κ2) is 5.71. The summed E-state index contributed by atoms with van der Waals surface area (Å²) in [5.74, 6) is 0. The highest BCUT2D eigenvalue weighted by atomic mass is 79.9. The minimum atomic E-state index is 0.109. The third-order valence-corrected chi connectivity index (χ3v) is 2.90. The number of aliphatic hydroxyl groups excluding tert-OH is 1. The molecule has 14 heavy (non-hydrogen) atoms. The number of hydrogen-bond donors (Lipinski definition) is 2. The van der Waals surface area contributed by atoms with E-state index in [1.807, 2.05) is 25.1 Å². The molecule has 1 atom stereocenters. The quantitative estimate of drug-likeness (QED) is 0.887. The van der Waals surface area contributed by atoms with Crippen LogP contribution in [-0.2, 0) is 6.54 Å². The molecule has 0 fully saturated rings. The number of rotatable bonds is 4. The normalized spacial score (nSPS) is 12.9. The molecule has 0 bridgehead atoms. The van der Waals surface area contributed by atoms with Crippen LogP contribution < -0.4 is 5.32 Å². The van der Waals surface area contributed by atoms with Crippen molar-refractivity contribution in [1.29, 1.82) is 0 Å². The van der Waals surface area contributed by atoms with Gasteiger partial charge in [0.1, 0.15) is 0 Å². The molecule has 2 N–H and O–H groups in total. The van der Waals surface area contributed by atoms with E-state index in [0.29, 0.717) is 0 Å². The van der Waals surface area contributed by atoms with Crippen LogP contribution in [0.5, 0.6) is 0 Å². The highest BCUT2D eigenvalue weighted by molar-refractivity contribution is 9.10. The SMILES string of the molecule is CC(CO)NCc1ccc(Cl)cc1Br. The Labute approximate surface area is 97.4 Å². The van der Waals surface area contributed by atoms with Crippen molar-refractivity contribution >= 4 is 27.5 Å². The standard InChI is InChI=1S/C10H13BrClNO/c1-7(6-14)13-5-8-2-3-9(12)4-10(8)11/h2-4,7,13-14H,5-6H2,1H3. The zero-order valence-electron chi connectivity index (χ0n) is 7.93. The van der Waals surface area contributed by atoms with Gasteiger partial charge in [0.15, 0.2) is 0 Å². The minimum absolute atomic E-state index is 0.109. The maximum absolute atomic E-state index is 8.83. The lowest BCUT2D eigenvalue weighted by atomic mass is 10.2. The Morgan fingerprint density at radius 2 is 2.29 bits per heavy atom. The fourth-order valence-electron chi connectivity index (χ4n) is 1.01. The summed E-state index contributed by atoms with van der Waals surface area (Å²) in [5.41, 5.74) is 1.13. The molecule has 2 nitrogen and oxygen atoms in total. The van der Waals surface area contributed by atoms with Crippen LogP contribution in [0, 0.1) is 0 Å². The first-order chi connectivity index (χ1) is 6.63. The monoisotopic (exact) mass is 277 g/mol. The lowest BCUT2D eigenvalue weighted by Gasteiger charge is -2.11. The van der Waals surface area contributed by atoms with Gasteiger partial charge in [-0.25, -0.2) is 0 Å². The lowest BCUT2D eigenvalue weighted by molar-refractivity contribution is 0.251. The van der Waals surface area contributed by atoms with Gasteiger partial charge >= 0.3 is 0 Å². The van der Waals surface area contributed by atoms with Crippen molar-refractivity contribution in [1.82, 2.24) is 5.32 Å². The fraction of sp³-hybridized carbons (Fsp3) is 0.400. The van der Waals surface area contributed by atoms with Crippen LogP contribution in [0.3, 0.4) is 0 Å². The van der Waals surface area contributed by atoms with Gasteiger partial charge in [0, 0.05) is 22.1 Å². The van der Waals surface area contributed by atoms with E-state index in [0.717, 1.165) is 21.6 Å². The van der Waals surface area contributed by atoms with E-state index in [-0.39, 0.29) is 12.6 Å². The van der Waals surface area contributed by atoms with Crippen molar-refractivity contribution in [2.45, 2.75) is 19.5 Å². The Bertz CT molecular complexity index is 306. The van der Waals surface area contributed by atoms with Gasteiger partial charge in [-0.2, -0.15) is 0 Å². The Kier molecular flexibility index (Phi) is 4.89. The van der Waals surface area contributed by atoms with Crippen LogP contribution in [0.15, 0.2) is 22.7 Å². The van der Waals surface area contributed by atoms with Crippen molar-refractivity contribution in [3.8, 4) is 0 Å². The van der Waals surface area contributed by atoms with Crippen molar-refractivity contribution < 1.29 is 5.11 Å². The van der Waals surface area contributed by atoms with Gasteiger partial charge in [-0.3, -0.25) is 0 Å². The molecule has 1 aromatic carbocycles. The van der Waals surface area contributed by atoms with Crippen LogP contribution in [0.2, 0.25) is 5.02 Å². The van der Waals surface area contributed by atoms with Crippen molar-refractivity contribution in [2.75, 3.05) is 6.61 Å². The predicted octanol–water partition coefficient (Wildman–Crippen LogP) is 2.57. The predicted molar refractivity (Wildman–Crippen MR) is 62.5 cm³/mol.